The average molecular weight is 293 g/mol. The molecule has 110 valence electrons. The number of hydrogen-bond donors (Lipinski definition) is 0. The van der Waals surface area contributed by atoms with Crippen molar-refractivity contribution in [3.05, 3.63) is 46.0 Å². The molecule has 0 saturated carbocycles. The minimum absolute atomic E-state index is 0.111. The number of hydrogen-bond acceptors (Lipinski definition) is 3. The molecule has 5 heteroatoms. The van der Waals surface area contributed by atoms with Crippen molar-refractivity contribution in [3.63, 3.8) is 0 Å². The van der Waals surface area contributed by atoms with E-state index < -0.39 is 13.2 Å². The maximum atomic E-state index is 10.5. The smallest absolute Gasteiger partial charge is 0.269 e. The number of nitro benzene ring substituents is 1. The molecule has 0 spiro atoms. The van der Waals surface area contributed by atoms with Crippen LogP contribution in [-0.4, -0.2) is 19.8 Å². The van der Waals surface area contributed by atoms with Gasteiger partial charge in [-0.3, -0.25) is 10.1 Å². The lowest BCUT2D eigenvalue weighted by molar-refractivity contribution is -0.384. The van der Waals surface area contributed by atoms with Crippen LogP contribution in [0.25, 0.3) is 6.08 Å². The highest BCUT2D eigenvalue weighted by Gasteiger charge is 2.36. The topological polar surface area (TPSA) is 52.4 Å². The first-order valence-corrected chi connectivity index (χ1v) is 9.59. The van der Waals surface area contributed by atoms with Gasteiger partial charge < -0.3 is 4.43 Å². The molecule has 0 aliphatic carbocycles. The number of nitro groups is 1. The van der Waals surface area contributed by atoms with Gasteiger partial charge in [0.1, 0.15) is 0 Å². The third-order valence-corrected chi connectivity index (χ3v) is 8.26. The van der Waals surface area contributed by atoms with E-state index in [1.165, 1.54) is 12.1 Å². The van der Waals surface area contributed by atoms with Crippen LogP contribution >= 0.6 is 0 Å². The number of benzene rings is 1. The molecule has 0 aliphatic rings. The number of non-ortho nitro benzene ring substituents is 1. The van der Waals surface area contributed by atoms with E-state index in [-0.39, 0.29) is 10.7 Å². The lowest BCUT2D eigenvalue weighted by Crippen LogP contribution is -2.40. The Morgan fingerprint density at radius 3 is 2.25 bits per heavy atom. The van der Waals surface area contributed by atoms with Gasteiger partial charge in [0.2, 0.25) is 0 Å². The zero-order valence-electron chi connectivity index (χ0n) is 12.8. The molecule has 0 aromatic heterocycles. The maximum absolute atomic E-state index is 10.5. The summed E-state index contributed by atoms with van der Waals surface area (Å²) in [7, 11) is -1.71. The second-order valence-corrected chi connectivity index (χ2v) is 11.1. The van der Waals surface area contributed by atoms with Crippen molar-refractivity contribution in [1.82, 2.24) is 0 Å². The summed E-state index contributed by atoms with van der Waals surface area (Å²) >= 11 is 0. The molecule has 1 rings (SSSR count). The van der Waals surface area contributed by atoms with Crippen LogP contribution < -0.4 is 0 Å². The van der Waals surface area contributed by atoms with E-state index in [2.05, 4.69) is 33.9 Å². The van der Waals surface area contributed by atoms with E-state index in [9.17, 15) is 10.1 Å². The van der Waals surface area contributed by atoms with Crippen LogP contribution in [0.2, 0.25) is 18.1 Å². The molecule has 0 bridgehead atoms. The molecule has 0 amide bonds. The van der Waals surface area contributed by atoms with Crippen LogP contribution in [0.4, 0.5) is 5.69 Å². The summed E-state index contributed by atoms with van der Waals surface area (Å²) in [5.74, 6) is 0. The first kappa shape index (κ1) is 16.6. The SMILES string of the molecule is CC(C)(C)[Si](C)(C)OC/C=C/c1ccc([N+](=O)[O-])cc1. The van der Waals surface area contributed by atoms with Crippen LogP contribution in [-0.2, 0) is 4.43 Å². The maximum Gasteiger partial charge on any atom is 0.269 e. The fourth-order valence-electron chi connectivity index (χ4n) is 1.36. The summed E-state index contributed by atoms with van der Waals surface area (Å²) in [5, 5.41) is 10.8. The summed E-state index contributed by atoms with van der Waals surface area (Å²) in [6, 6.07) is 6.49. The predicted octanol–water partition coefficient (Wildman–Crippen LogP) is 4.63. The van der Waals surface area contributed by atoms with Crippen molar-refractivity contribution in [2.75, 3.05) is 6.61 Å². The van der Waals surface area contributed by atoms with Gasteiger partial charge >= 0.3 is 0 Å². The number of rotatable bonds is 5. The van der Waals surface area contributed by atoms with E-state index in [1.807, 2.05) is 12.2 Å². The van der Waals surface area contributed by atoms with Crippen molar-refractivity contribution >= 4 is 20.1 Å². The Morgan fingerprint density at radius 1 is 1.25 bits per heavy atom. The van der Waals surface area contributed by atoms with Crippen molar-refractivity contribution in [2.24, 2.45) is 0 Å². The number of nitrogens with zero attached hydrogens (tertiary/aromatic N) is 1. The highest BCUT2D eigenvalue weighted by Crippen LogP contribution is 2.36. The first-order chi connectivity index (χ1) is 9.13. The molecule has 0 heterocycles. The van der Waals surface area contributed by atoms with Gasteiger partial charge in [0.15, 0.2) is 8.32 Å². The van der Waals surface area contributed by atoms with Crippen LogP contribution in [0.1, 0.15) is 26.3 Å². The monoisotopic (exact) mass is 293 g/mol. The molecule has 4 nitrogen and oxygen atoms in total. The highest BCUT2D eigenvalue weighted by atomic mass is 28.4. The van der Waals surface area contributed by atoms with Crippen molar-refractivity contribution < 1.29 is 9.35 Å². The van der Waals surface area contributed by atoms with Crippen LogP contribution in [0.15, 0.2) is 30.3 Å². The lowest BCUT2D eigenvalue weighted by Gasteiger charge is -2.35. The lowest BCUT2D eigenvalue weighted by atomic mass is 10.2. The third-order valence-electron chi connectivity index (χ3n) is 3.76. The van der Waals surface area contributed by atoms with Gasteiger partial charge in [-0.1, -0.05) is 32.9 Å². The van der Waals surface area contributed by atoms with E-state index in [0.29, 0.717) is 6.61 Å². The summed E-state index contributed by atoms with van der Waals surface area (Å²) < 4.78 is 6.02. The van der Waals surface area contributed by atoms with Crippen molar-refractivity contribution in [1.29, 1.82) is 0 Å². The summed E-state index contributed by atoms with van der Waals surface area (Å²) in [4.78, 5) is 10.2. The minimum Gasteiger partial charge on any atom is -0.413 e. The van der Waals surface area contributed by atoms with Crippen LogP contribution in [0.5, 0.6) is 0 Å². The molecule has 1 aromatic rings. The Morgan fingerprint density at radius 2 is 1.80 bits per heavy atom. The normalized spacial score (nSPS) is 12.8. The Bertz CT molecular complexity index is 487. The molecule has 0 aliphatic heterocycles. The van der Waals surface area contributed by atoms with E-state index in [4.69, 9.17) is 4.43 Å². The first-order valence-electron chi connectivity index (χ1n) is 6.68. The Hall–Kier alpha value is -1.46. The summed E-state index contributed by atoms with van der Waals surface area (Å²) in [6.07, 6.45) is 3.89. The third kappa shape index (κ3) is 4.58. The molecule has 20 heavy (non-hydrogen) atoms. The van der Waals surface area contributed by atoms with Gasteiger partial charge in [-0.05, 0) is 35.8 Å². The van der Waals surface area contributed by atoms with E-state index in [1.54, 1.807) is 12.1 Å². The molecule has 0 radical (unpaired) electrons. The van der Waals surface area contributed by atoms with E-state index in [0.717, 1.165) is 5.56 Å². The standard InChI is InChI=1S/C15H23NO3Si/c1-15(2,3)20(4,5)19-12-6-7-13-8-10-14(11-9-13)16(17)18/h6-11H,12H2,1-5H3/b7-6+. The fraction of sp³-hybridized carbons (Fsp3) is 0.467. The summed E-state index contributed by atoms with van der Waals surface area (Å²) in [6.45, 7) is 11.6. The Kier molecular flexibility index (Phi) is 5.25. The van der Waals surface area contributed by atoms with Gasteiger partial charge in [0.25, 0.3) is 5.69 Å². The van der Waals surface area contributed by atoms with Gasteiger partial charge in [0.05, 0.1) is 11.5 Å². The van der Waals surface area contributed by atoms with E-state index >= 15 is 0 Å². The van der Waals surface area contributed by atoms with Gasteiger partial charge in [-0.25, -0.2) is 0 Å². The molecule has 0 fully saturated rings. The largest absolute Gasteiger partial charge is 0.413 e. The fourth-order valence-corrected chi connectivity index (χ4v) is 2.31. The zero-order valence-corrected chi connectivity index (χ0v) is 13.8. The minimum atomic E-state index is -1.71. The summed E-state index contributed by atoms with van der Waals surface area (Å²) in [5.41, 5.74) is 1.05. The van der Waals surface area contributed by atoms with Gasteiger partial charge in [0, 0.05) is 12.1 Å². The molecule has 0 atom stereocenters. The van der Waals surface area contributed by atoms with Crippen molar-refractivity contribution in [3.8, 4) is 0 Å². The Balaban J connectivity index is 2.56. The Labute approximate surface area is 121 Å². The van der Waals surface area contributed by atoms with Crippen molar-refractivity contribution in [2.45, 2.75) is 38.9 Å². The van der Waals surface area contributed by atoms with Gasteiger partial charge in [-0.15, -0.1) is 0 Å². The second-order valence-electron chi connectivity index (χ2n) is 6.32. The van der Waals surface area contributed by atoms with Crippen LogP contribution in [0.3, 0.4) is 0 Å². The molecule has 1 aromatic carbocycles. The highest BCUT2D eigenvalue weighted by molar-refractivity contribution is 6.74. The van der Waals surface area contributed by atoms with Gasteiger partial charge in [-0.2, -0.15) is 0 Å². The molecule has 0 saturated heterocycles. The zero-order chi connectivity index (χ0) is 15.4. The molecular weight excluding hydrogens is 270 g/mol. The van der Waals surface area contributed by atoms with Crippen LogP contribution in [0, 0.1) is 10.1 Å². The average Bonchev–Trinajstić information content (AvgIpc) is 2.34. The molecule has 0 unspecified atom stereocenters. The molecule has 0 N–H and O–H groups in total. The quantitative estimate of drug-likeness (QED) is 0.452. The second kappa shape index (κ2) is 6.32. The predicted molar refractivity (Wildman–Crippen MR) is 85.3 cm³/mol. The molecular formula is C15H23NO3Si.